The van der Waals surface area contributed by atoms with Gasteiger partial charge in [-0.1, -0.05) is 12.0 Å². The number of fused-ring (bicyclic) bond motifs is 1. The van der Waals surface area contributed by atoms with Gasteiger partial charge in [0.2, 0.25) is 11.9 Å². The maximum absolute atomic E-state index is 13.6. The molecule has 2 N–H and O–H groups in total. The average Bonchev–Trinajstić information content (AvgIpc) is 3.27. The summed E-state index contributed by atoms with van der Waals surface area (Å²) in [5, 5.41) is 9.15. The van der Waals surface area contributed by atoms with E-state index in [1.807, 2.05) is 11.0 Å². The minimum atomic E-state index is -0.645. The monoisotopic (exact) mass is 488 g/mol. The third-order valence-corrected chi connectivity index (χ3v) is 6.40. The Morgan fingerprint density at radius 1 is 1.31 bits per heavy atom. The number of likely N-dealkylation sites (N-methyl/N-ethyl adjacent to an activating group) is 1. The summed E-state index contributed by atoms with van der Waals surface area (Å²) in [5.41, 5.74) is 6.23. The summed E-state index contributed by atoms with van der Waals surface area (Å²) in [6, 6.07) is 8.55. The van der Waals surface area contributed by atoms with E-state index < -0.39 is 23.7 Å². The Morgan fingerprint density at radius 2 is 2.08 bits per heavy atom. The lowest BCUT2D eigenvalue weighted by Crippen LogP contribution is -2.44. The van der Waals surface area contributed by atoms with E-state index in [0.717, 1.165) is 24.0 Å². The van der Waals surface area contributed by atoms with Gasteiger partial charge in [0, 0.05) is 38.9 Å². The fourth-order valence-electron chi connectivity index (χ4n) is 4.41. The number of nitriles is 1. The number of hydrogen-bond donors (Lipinski definition) is 1. The normalized spacial score (nSPS) is 15.3. The van der Waals surface area contributed by atoms with Crippen LogP contribution in [0.5, 0.6) is 0 Å². The van der Waals surface area contributed by atoms with Crippen molar-refractivity contribution < 1.29 is 4.79 Å². The number of benzene rings is 1. The maximum atomic E-state index is 13.6. The van der Waals surface area contributed by atoms with E-state index in [1.54, 1.807) is 35.8 Å². The number of nitrogens with two attached hydrogens (primary N) is 1. The van der Waals surface area contributed by atoms with E-state index in [4.69, 9.17) is 11.0 Å². The highest BCUT2D eigenvalue weighted by Gasteiger charge is 2.27. The molecule has 11 nitrogen and oxygen atoms in total. The van der Waals surface area contributed by atoms with Crippen molar-refractivity contribution in [1.29, 1.82) is 5.26 Å². The zero-order valence-corrected chi connectivity index (χ0v) is 20.6. The van der Waals surface area contributed by atoms with Crippen LogP contribution in [-0.2, 0) is 24.9 Å². The molecule has 1 aliphatic rings. The lowest BCUT2D eigenvalue weighted by atomic mass is 10.1. The third-order valence-electron chi connectivity index (χ3n) is 6.40. The molecule has 0 bridgehead atoms. The number of aromatic nitrogens is 4. The van der Waals surface area contributed by atoms with Gasteiger partial charge in [0.15, 0.2) is 11.2 Å². The van der Waals surface area contributed by atoms with Gasteiger partial charge in [-0.15, -0.1) is 5.92 Å². The zero-order valence-electron chi connectivity index (χ0n) is 20.6. The van der Waals surface area contributed by atoms with E-state index in [1.165, 1.54) is 23.6 Å². The Morgan fingerprint density at radius 3 is 2.78 bits per heavy atom. The highest BCUT2D eigenvalue weighted by atomic mass is 16.2. The maximum Gasteiger partial charge on any atom is 0.332 e. The largest absolute Gasteiger partial charge is 0.341 e. The van der Waals surface area contributed by atoms with E-state index in [2.05, 4.69) is 16.8 Å². The lowest BCUT2D eigenvalue weighted by molar-refractivity contribution is -0.119. The Balaban J connectivity index is 1.81. The molecule has 1 aromatic carbocycles. The third kappa shape index (κ3) is 4.49. The minimum absolute atomic E-state index is 0.0163. The Labute approximate surface area is 208 Å². The van der Waals surface area contributed by atoms with Gasteiger partial charge in [0.1, 0.15) is 6.54 Å². The molecule has 3 aromatic rings. The standard InChI is InChI=1S/C25H28N8O3/c1-4-5-12-32-21-22(28-24(32)31-11-7-9-18(27)15-31)30(3)25(36)33(23(21)35)16-20(34)29(2)19-10-6-8-17(13-19)14-26/h6,8,10,13,18H,7,9,11-12,15-16,27H2,1-3H3. The summed E-state index contributed by atoms with van der Waals surface area (Å²) in [5.74, 6) is 5.88. The van der Waals surface area contributed by atoms with Crippen molar-refractivity contribution in [3.63, 3.8) is 0 Å². The summed E-state index contributed by atoms with van der Waals surface area (Å²) in [4.78, 5) is 47.9. The SMILES string of the molecule is CC#CCn1c(N2CCCC(N)C2)nc2c1c(=O)n(CC(=O)N(C)c1cccc(C#N)c1)c(=O)n2C. The molecule has 1 unspecified atom stereocenters. The van der Waals surface area contributed by atoms with Crippen LogP contribution in [0.2, 0.25) is 0 Å². The number of aryl methyl sites for hydroxylation is 1. The smallest absolute Gasteiger partial charge is 0.332 e. The van der Waals surface area contributed by atoms with Crippen LogP contribution in [0, 0.1) is 23.2 Å². The number of carbonyl (C=O) groups excluding carboxylic acids is 1. The molecule has 0 saturated carbocycles. The predicted octanol–water partition coefficient (Wildman–Crippen LogP) is 0.382. The van der Waals surface area contributed by atoms with Gasteiger partial charge in [0.25, 0.3) is 5.56 Å². The van der Waals surface area contributed by atoms with Crippen molar-refractivity contribution in [2.24, 2.45) is 12.8 Å². The molecule has 1 atom stereocenters. The number of carbonyl (C=O) groups is 1. The first-order valence-electron chi connectivity index (χ1n) is 11.6. The summed E-state index contributed by atoms with van der Waals surface area (Å²) in [6.45, 7) is 2.75. The second kappa shape index (κ2) is 10.1. The average molecular weight is 489 g/mol. The van der Waals surface area contributed by atoms with Gasteiger partial charge in [-0.3, -0.25) is 18.7 Å². The quantitative estimate of drug-likeness (QED) is 0.513. The predicted molar refractivity (Wildman–Crippen MR) is 137 cm³/mol. The van der Waals surface area contributed by atoms with Crippen LogP contribution in [0.1, 0.15) is 25.3 Å². The molecular weight excluding hydrogens is 460 g/mol. The topological polar surface area (TPSA) is 135 Å². The second-order valence-corrected chi connectivity index (χ2v) is 8.79. The fraction of sp³-hybridized carbons (Fsp3) is 0.400. The molecule has 186 valence electrons. The molecule has 0 radical (unpaired) electrons. The molecule has 36 heavy (non-hydrogen) atoms. The van der Waals surface area contributed by atoms with Gasteiger partial charge < -0.3 is 15.5 Å². The van der Waals surface area contributed by atoms with E-state index in [-0.39, 0.29) is 23.8 Å². The fourth-order valence-corrected chi connectivity index (χ4v) is 4.41. The number of piperidine rings is 1. The summed E-state index contributed by atoms with van der Waals surface area (Å²) in [6.07, 6.45) is 1.80. The van der Waals surface area contributed by atoms with Crippen molar-refractivity contribution in [3.05, 3.63) is 50.7 Å². The van der Waals surface area contributed by atoms with Crippen LogP contribution in [0.25, 0.3) is 11.2 Å². The molecule has 0 spiro atoms. The van der Waals surface area contributed by atoms with E-state index >= 15 is 0 Å². The van der Waals surface area contributed by atoms with Crippen molar-refractivity contribution in [2.75, 3.05) is 29.9 Å². The summed E-state index contributed by atoms with van der Waals surface area (Å²) < 4.78 is 3.90. The first-order chi connectivity index (χ1) is 17.3. The van der Waals surface area contributed by atoms with Crippen LogP contribution in [-0.4, -0.2) is 50.8 Å². The van der Waals surface area contributed by atoms with Gasteiger partial charge in [-0.2, -0.15) is 10.2 Å². The Kier molecular flexibility index (Phi) is 6.95. The first kappa shape index (κ1) is 24.8. The Bertz CT molecular complexity index is 1550. The molecule has 3 heterocycles. The number of amides is 1. The summed E-state index contributed by atoms with van der Waals surface area (Å²) >= 11 is 0. The molecule has 11 heteroatoms. The molecule has 1 amide bonds. The van der Waals surface area contributed by atoms with E-state index in [0.29, 0.717) is 23.7 Å². The molecule has 1 fully saturated rings. The molecule has 1 aliphatic heterocycles. The van der Waals surface area contributed by atoms with Crippen LogP contribution in [0.4, 0.5) is 11.6 Å². The molecule has 4 rings (SSSR count). The highest BCUT2D eigenvalue weighted by molar-refractivity contribution is 5.93. The summed E-state index contributed by atoms with van der Waals surface area (Å²) in [7, 11) is 3.06. The lowest BCUT2D eigenvalue weighted by Gasteiger charge is -2.31. The molecule has 1 saturated heterocycles. The van der Waals surface area contributed by atoms with Gasteiger partial charge in [-0.05, 0) is 38.0 Å². The van der Waals surface area contributed by atoms with Crippen LogP contribution in [0.15, 0.2) is 33.9 Å². The van der Waals surface area contributed by atoms with Crippen molar-refractivity contribution in [2.45, 2.75) is 38.9 Å². The second-order valence-electron chi connectivity index (χ2n) is 8.79. The van der Waals surface area contributed by atoms with Gasteiger partial charge in [0.05, 0.1) is 18.2 Å². The number of anilines is 2. The highest BCUT2D eigenvalue weighted by Crippen LogP contribution is 2.23. The molecule has 0 aliphatic carbocycles. The van der Waals surface area contributed by atoms with Gasteiger partial charge >= 0.3 is 5.69 Å². The van der Waals surface area contributed by atoms with Crippen LogP contribution in [0.3, 0.4) is 0 Å². The van der Waals surface area contributed by atoms with Crippen molar-refractivity contribution >= 4 is 28.7 Å². The first-order valence-corrected chi connectivity index (χ1v) is 11.6. The molecular formula is C25H28N8O3. The van der Waals surface area contributed by atoms with Crippen LogP contribution < -0.4 is 26.8 Å². The minimum Gasteiger partial charge on any atom is -0.341 e. The van der Waals surface area contributed by atoms with Crippen LogP contribution >= 0.6 is 0 Å². The number of hydrogen-bond acceptors (Lipinski definition) is 7. The van der Waals surface area contributed by atoms with Gasteiger partial charge in [-0.25, -0.2) is 9.36 Å². The van der Waals surface area contributed by atoms with Crippen molar-refractivity contribution in [3.8, 4) is 17.9 Å². The number of rotatable bonds is 5. The molecule has 2 aromatic heterocycles. The van der Waals surface area contributed by atoms with Crippen molar-refractivity contribution in [1.82, 2.24) is 18.7 Å². The van der Waals surface area contributed by atoms with E-state index in [9.17, 15) is 14.4 Å². The zero-order chi connectivity index (χ0) is 26.0. The number of imidazole rings is 1. The Hall–Kier alpha value is -4.35. The number of nitrogens with zero attached hydrogens (tertiary/aromatic N) is 7.